The number of nitrogens with one attached hydrogen (secondary N) is 4. The average Bonchev–Trinajstić information content (AvgIpc) is 1.22. The van der Waals surface area contributed by atoms with Crippen LogP contribution in [0.15, 0.2) is 268 Å². The molecule has 16 aromatic rings. The molecule has 0 saturated heterocycles. The van der Waals surface area contributed by atoms with Crippen molar-refractivity contribution >= 4 is 115 Å². The maximum absolute atomic E-state index is 11.2. The van der Waals surface area contributed by atoms with Crippen molar-refractivity contribution in [2.75, 3.05) is 47.7 Å². The number of carboxylic acids is 4. The fraction of sp³-hybridized carbons (Fsp3) is 0.200. The Balaban J connectivity index is 0.000000155. The largest absolute Gasteiger partial charge is 0.494 e. The van der Waals surface area contributed by atoms with Crippen LogP contribution in [0, 0.1) is 13.8 Å². The fourth-order valence-electron chi connectivity index (χ4n) is 14.9. The predicted octanol–water partition coefficient (Wildman–Crippen LogP) is 27.0. The van der Waals surface area contributed by atoms with Gasteiger partial charge < -0.3 is 60.6 Å². The molecular weight excluding hydrogens is 1810 g/mol. The maximum atomic E-state index is 11.2. The van der Waals surface area contributed by atoms with Gasteiger partial charge >= 0.3 is 23.9 Å². The molecule has 24 nitrogen and oxygen atoms in total. The highest BCUT2D eigenvalue weighted by Gasteiger charge is 2.23. The summed E-state index contributed by atoms with van der Waals surface area (Å²) in [5, 5.41) is 49.8. The first-order chi connectivity index (χ1) is 67.0. The van der Waals surface area contributed by atoms with Gasteiger partial charge in [0.05, 0.1) is 69.9 Å². The zero-order chi connectivity index (χ0) is 97.7. The number of rotatable bonds is 38. The topological polar surface area (TPSA) is 337 Å². The van der Waals surface area contributed by atoms with Gasteiger partial charge in [0, 0.05) is 87.3 Å². The first-order valence-electron chi connectivity index (χ1n) is 45.4. The number of nitrogens with zero attached hydrogens (tertiary/aromatic N) is 8. The molecule has 0 bridgehead atoms. The Hall–Kier alpha value is -15.4. The minimum atomic E-state index is -0.947. The average molecular weight is 1920 g/mol. The Labute approximate surface area is 819 Å². The molecule has 0 aliphatic heterocycles. The summed E-state index contributed by atoms with van der Waals surface area (Å²) in [6.07, 6.45) is 8.09. The lowest BCUT2D eigenvalue weighted by molar-refractivity contribution is -0.137. The number of ether oxygens (including phenoxy) is 4. The SMILES string of the molecule is C=CCc1c(C)nc(-c2ccc(-c3ccc(OCC)cc3)s2)nc1Nc1ccc(CC(=O)O)cc1.C=CCc1c(CC)nc(-c2ccc(-c3ccc(OCC)cc3)s2)nc1Nc1ccc(CC(=O)O)cc1.CCOc1ccc(-c2ccc(-c3nc(C)c(CC)c(Nc4ccc(C(=O)O)cc4)n3)s2)cc1.CCOc1ccc(-c2ccc(-c3nc(CC)c(CC)c(Nc4ccc(C(=O)O)cc4)n3)s2)cc1. The van der Waals surface area contributed by atoms with E-state index >= 15 is 0 Å². The van der Waals surface area contributed by atoms with Gasteiger partial charge in [-0.1, -0.05) is 64.1 Å². The number of aryl methyl sites for hydroxylation is 4. The Morgan fingerprint density at radius 3 is 0.826 bits per heavy atom. The van der Waals surface area contributed by atoms with Crippen LogP contribution in [-0.4, -0.2) is 111 Å². The van der Waals surface area contributed by atoms with Crippen LogP contribution in [0.2, 0.25) is 0 Å². The van der Waals surface area contributed by atoms with Crippen LogP contribution >= 0.6 is 45.3 Å². The van der Waals surface area contributed by atoms with Crippen molar-refractivity contribution in [3.8, 4) is 108 Å². The van der Waals surface area contributed by atoms with Crippen LogP contribution in [0.1, 0.15) is 132 Å². The van der Waals surface area contributed by atoms with Crippen LogP contribution in [0.4, 0.5) is 46.0 Å². The number of allylic oxidation sites excluding steroid dienone is 2. The van der Waals surface area contributed by atoms with Gasteiger partial charge in [-0.15, -0.1) is 58.5 Å². The first kappa shape index (κ1) is 100. The number of carbonyl (C=O) groups is 4. The van der Waals surface area contributed by atoms with Gasteiger partial charge in [-0.25, -0.2) is 49.5 Å². The molecule has 0 spiro atoms. The van der Waals surface area contributed by atoms with E-state index in [1.165, 1.54) is 0 Å². The van der Waals surface area contributed by atoms with Crippen LogP contribution in [0.3, 0.4) is 0 Å². The third kappa shape index (κ3) is 26.6. The van der Waals surface area contributed by atoms with Crippen molar-refractivity contribution in [2.24, 2.45) is 0 Å². The lowest BCUT2D eigenvalue weighted by Crippen LogP contribution is -2.07. The summed E-state index contributed by atoms with van der Waals surface area (Å²) in [4.78, 5) is 91.5. The third-order valence-electron chi connectivity index (χ3n) is 21.7. The molecule has 0 fully saturated rings. The van der Waals surface area contributed by atoms with Crippen LogP contribution < -0.4 is 40.2 Å². The molecule has 8 aromatic carbocycles. The van der Waals surface area contributed by atoms with Crippen LogP contribution in [0.25, 0.3) is 84.6 Å². The van der Waals surface area contributed by atoms with Gasteiger partial charge in [-0.05, 0) is 332 Å². The monoisotopic (exact) mass is 1920 g/mol. The highest BCUT2D eigenvalue weighted by atomic mass is 32.1. The van der Waals surface area contributed by atoms with E-state index < -0.39 is 23.9 Å². The van der Waals surface area contributed by atoms with Crippen molar-refractivity contribution in [3.63, 3.8) is 0 Å². The Morgan fingerprint density at radius 2 is 0.551 bits per heavy atom. The maximum Gasteiger partial charge on any atom is 0.335 e. The number of anilines is 8. The van der Waals surface area contributed by atoms with E-state index in [0.717, 1.165) is 212 Å². The molecule has 0 amide bonds. The normalized spacial score (nSPS) is 10.7. The van der Waals surface area contributed by atoms with E-state index in [-0.39, 0.29) is 24.0 Å². The molecule has 0 unspecified atom stereocenters. The quantitative estimate of drug-likeness (QED) is 0.0167. The van der Waals surface area contributed by atoms with Crippen molar-refractivity contribution in [2.45, 2.75) is 121 Å². The summed E-state index contributed by atoms with van der Waals surface area (Å²) in [5.41, 5.74) is 17.6. The number of aromatic nitrogens is 8. The number of thiophene rings is 4. The summed E-state index contributed by atoms with van der Waals surface area (Å²) in [7, 11) is 0. The number of carboxylic acid groups (broad SMARTS) is 4. The summed E-state index contributed by atoms with van der Waals surface area (Å²) < 4.78 is 22.2. The predicted molar refractivity (Wildman–Crippen MR) is 558 cm³/mol. The van der Waals surface area contributed by atoms with E-state index in [1.807, 2.05) is 151 Å². The molecule has 0 aliphatic rings. The summed E-state index contributed by atoms with van der Waals surface area (Å²) in [6.45, 7) is 30.6. The van der Waals surface area contributed by atoms with Gasteiger partial charge in [-0.3, -0.25) is 9.59 Å². The van der Waals surface area contributed by atoms with E-state index in [2.05, 4.69) is 147 Å². The Morgan fingerprint density at radius 1 is 0.297 bits per heavy atom. The number of aromatic carboxylic acids is 2. The van der Waals surface area contributed by atoms with Crippen molar-refractivity contribution in [1.29, 1.82) is 0 Å². The number of benzene rings is 8. The molecular formula is C110H108N12O12S4. The van der Waals surface area contributed by atoms with E-state index in [4.69, 9.17) is 79.2 Å². The molecule has 704 valence electrons. The fourth-order valence-corrected chi connectivity index (χ4v) is 18.7. The highest BCUT2D eigenvalue weighted by molar-refractivity contribution is 7.19. The number of aliphatic carboxylic acids is 2. The second-order valence-corrected chi connectivity index (χ2v) is 35.6. The molecule has 16 rings (SSSR count). The summed E-state index contributed by atoms with van der Waals surface area (Å²) >= 11 is 6.58. The lowest BCUT2D eigenvalue weighted by Gasteiger charge is -2.15. The Kier molecular flexibility index (Phi) is 35.3. The molecule has 8 aromatic heterocycles. The minimum Gasteiger partial charge on any atom is -0.494 e. The highest BCUT2D eigenvalue weighted by Crippen LogP contribution is 2.42. The third-order valence-corrected chi connectivity index (χ3v) is 26.2. The van der Waals surface area contributed by atoms with Gasteiger partial charge in [0.25, 0.3) is 0 Å². The van der Waals surface area contributed by atoms with Gasteiger partial charge in [0.15, 0.2) is 23.3 Å². The second kappa shape index (κ2) is 48.7. The van der Waals surface area contributed by atoms with Crippen LogP contribution in [-0.2, 0) is 61.0 Å². The first-order valence-corrected chi connectivity index (χ1v) is 48.7. The molecule has 0 saturated carbocycles. The molecule has 138 heavy (non-hydrogen) atoms. The molecule has 0 atom stereocenters. The minimum absolute atomic E-state index is 0.00526. The van der Waals surface area contributed by atoms with Crippen molar-refractivity contribution in [3.05, 3.63) is 335 Å². The second-order valence-electron chi connectivity index (χ2n) is 31.2. The molecule has 8 N–H and O–H groups in total. The van der Waals surface area contributed by atoms with Gasteiger partial charge in [-0.2, -0.15) is 0 Å². The van der Waals surface area contributed by atoms with Gasteiger partial charge in [0.2, 0.25) is 0 Å². The zero-order valence-electron chi connectivity index (χ0n) is 78.4. The standard InChI is InChI=1S/C29H29N3O3S.C28H27N3O3S.C27H27N3O3S.C26H25N3O3S/c1-4-7-23-24(5-2)31-29(32-28(23)30-21-12-8-19(9-13-21)18-27(33)34)26-17-16-25(36-26)20-10-14-22(15-11-20)35-6-3;1-4-6-23-18(3)29-28(31-27(23)30-21-11-7-19(8-12-21)17-26(32)33)25-16-15-24(35-25)20-9-13-22(14-10-20)34-5-2;1-4-21-22(5-2)29-26(30-25(21)28-19-11-7-18(8-12-19)27(31)32)24-16-15-23(34-24)17-9-13-20(14-10-17)33-6-3;1-4-21-16(3)27-25(29-24(21)28-19-10-6-18(7-11-19)26(30)31)23-15-14-22(33-23)17-8-12-20(13-9-17)32-5-2/h4,8-17H,1,5-7,18H2,2-3H3,(H,33,34)(H,30,31,32);4,7-16H,1,5-6,17H2,2-3H3,(H,32,33)(H,29,30,31);7-16H,4-6H2,1-3H3,(H,31,32)(H,28,29,30);6-15H,4-5H2,1-3H3,(H,30,31)(H,27,28,29). The Bertz CT molecular complexity index is 6870. The molecule has 0 aliphatic carbocycles. The van der Waals surface area contributed by atoms with E-state index in [0.29, 0.717) is 62.6 Å². The molecule has 0 radical (unpaired) electrons. The van der Waals surface area contributed by atoms with Crippen LogP contribution in [0.5, 0.6) is 23.0 Å². The van der Waals surface area contributed by atoms with Gasteiger partial charge in [0.1, 0.15) is 46.3 Å². The number of hydrogen-bond donors (Lipinski definition) is 8. The lowest BCUT2D eigenvalue weighted by atomic mass is 10.1. The van der Waals surface area contributed by atoms with Crippen molar-refractivity contribution < 1.29 is 58.6 Å². The van der Waals surface area contributed by atoms with E-state index in [9.17, 15) is 19.2 Å². The van der Waals surface area contributed by atoms with E-state index in [1.54, 1.807) is 106 Å². The zero-order valence-corrected chi connectivity index (χ0v) is 81.7. The van der Waals surface area contributed by atoms with Crippen molar-refractivity contribution in [1.82, 2.24) is 39.9 Å². The molecule has 8 heterocycles. The summed E-state index contributed by atoms with van der Waals surface area (Å²) in [6, 6.07) is 76.9. The molecule has 28 heteroatoms. The number of hydrogen-bond acceptors (Lipinski definition) is 24. The smallest absolute Gasteiger partial charge is 0.335 e. The summed E-state index contributed by atoms with van der Waals surface area (Å²) in [5.74, 6) is 5.46.